The van der Waals surface area contributed by atoms with E-state index >= 15 is 0 Å². The molecule has 0 bridgehead atoms. The molecular formula is C38H54I6N6O18. The fourth-order valence-corrected chi connectivity index (χ4v) is 13.3. The Balaban J connectivity index is 0.00000107. The molecule has 2 rings (SSSR count). The van der Waals surface area contributed by atoms with E-state index in [1.54, 1.807) is 0 Å². The Bertz CT molecular complexity index is 1800. The lowest BCUT2D eigenvalue weighted by Gasteiger charge is -2.25. The van der Waals surface area contributed by atoms with Crippen LogP contribution in [0.15, 0.2) is 0 Å². The first kappa shape index (κ1) is 66.8. The van der Waals surface area contributed by atoms with Crippen LogP contribution in [0, 0.1) is 21.4 Å². The Morgan fingerprint density at radius 1 is 0.441 bits per heavy atom. The number of carbonyl (C=O) groups excluding carboxylic acids is 4. The number of likely N-dealkylation sites (N-methyl/N-ethyl adjacent to an activating group) is 4. The molecule has 0 aliphatic rings. The monoisotopic (exact) mass is 1640 g/mol. The molecule has 2 aromatic rings. The second-order valence-electron chi connectivity index (χ2n) is 14.2. The number of ether oxygens (including phenoxy) is 2. The van der Waals surface area contributed by atoms with Crippen molar-refractivity contribution in [3.05, 3.63) is 43.7 Å². The third-order valence-corrected chi connectivity index (χ3v) is 15.2. The van der Waals surface area contributed by atoms with Crippen LogP contribution in [-0.2, 0) is 19.1 Å². The molecule has 0 aliphatic heterocycles. The van der Waals surface area contributed by atoms with E-state index in [0.29, 0.717) is 21.4 Å². The maximum Gasteiger partial charge on any atom is 0.329 e. The van der Waals surface area contributed by atoms with Crippen molar-refractivity contribution in [1.29, 1.82) is 0 Å². The molecule has 0 saturated carbocycles. The number of nitrogen functional groups attached to an aromatic ring is 2. The Morgan fingerprint density at radius 3 is 0.794 bits per heavy atom. The van der Waals surface area contributed by atoms with Crippen LogP contribution in [0.4, 0.5) is 11.4 Å². The fraction of sp³-hybridized carbons (Fsp3) is 0.526. The van der Waals surface area contributed by atoms with Gasteiger partial charge in [-0.05, 0) is 136 Å². The van der Waals surface area contributed by atoms with E-state index in [-0.39, 0.29) is 73.0 Å². The number of nitrogens with zero attached hydrogens (tertiary/aromatic N) is 4. The number of hydrogen-bond acceptors (Lipinski definition) is 18. The van der Waals surface area contributed by atoms with Crippen LogP contribution >= 0.6 is 136 Å². The third-order valence-electron chi connectivity index (χ3n) is 8.55. The Morgan fingerprint density at radius 2 is 0.632 bits per heavy atom. The van der Waals surface area contributed by atoms with Gasteiger partial charge in [0, 0.05) is 61.5 Å². The van der Waals surface area contributed by atoms with Crippen molar-refractivity contribution in [3.8, 4) is 0 Å². The lowest BCUT2D eigenvalue weighted by atomic mass is 10.1. The summed E-state index contributed by atoms with van der Waals surface area (Å²) in [6.07, 6.45) is -4.34. The van der Waals surface area contributed by atoms with Gasteiger partial charge >= 0.3 is 11.9 Å². The first-order valence-electron chi connectivity index (χ1n) is 19.3. The van der Waals surface area contributed by atoms with Gasteiger partial charge in [0.2, 0.25) is 0 Å². The second kappa shape index (κ2) is 33.5. The van der Waals surface area contributed by atoms with Crippen molar-refractivity contribution in [2.45, 2.75) is 24.4 Å². The van der Waals surface area contributed by atoms with E-state index in [0.717, 1.165) is 0 Å². The molecule has 0 radical (unpaired) electrons. The molecule has 0 heterocycles. The number of carboxylic acids is 2. The number of rotatable bonds is 23. The largest absolute Gasteiger partial charge is 0.480 e. The number of nitrogens with two attached hydrogens (primary N) is 2. The fourth-order valence-electron chi connectivity index (χ4n) is 5.15. The molecule has 24 nitrogen and oxygen atoms in total. The molecule has 0 spiro atoms. The van der Waals surface area contributed by atoms with Gasteiger partial charge in [-0.1, -0.05) is 0 Å². The zero-order valence-corrected chi connectivity index (χ0v) is 49.7. The number of halogens is 6. The van der Waals surface area contributed by atoms with Gasteiger partial charge in [0.15, 0.2) is 0 Å². The number of hydrogen-bond donors (Lipinski definition) is 12. The third kappa shape index (κ3) is 21.1. The summed E-state index contributed by atoms with van der Waals surface area (Å²) in [4.78, 5) is 76.5. The van der Waals surface area contributed by atoms with E-state index in [2.05, 4.69) is 9.47 Å². The highest BCUT2D eigenvalue weighted by atomic mass is 127. The molecule has 386 valence electrons. The summed E-state index contributed by atoms with van der Waals surface area (Å²) in [5.41, 5.74) is 13.8. The topological polar surface area (TPSA) is 388 Å². The van der Waals surface area contributed by atoms with Crippen molar-refractivity contribution in [3.63, 3.8) is 0 Å². The van der Waals surface area contributed by atoms with Gasteiger partial charge in [0.1, 0.15) is 13.2 Å². The molecule has 0 aromatic heterocycles. The maximum absolute atomic E-state index is 12.9. The molecule has 14 N–H and O–H groups in total. The summed E-state index contributed by atoms with van der Waals surface area (Å²) >= 11 is 11.6. The average molecular weight is 1640 g/mol. The van der Waals surface area contributed by atoms with Gasteiger partial charge in [-0.2, -0.15) is 0 Å². The summed E-state index contributed by atoms with van der Waals surface area (Å²) in [5.74, 6) is -3.91. The number of amides is 4. The predicted octanol–water partition coefficient (Wildman–Crippen LogP) is -0.945. The molecule has 68 heavy (non-hydrogen) atoms. The van der Waals surface area contributed by atoms with Crippen LogP contribution in [-0.4, -0.2) is 238 Å². The maximum atomic E-state index is 12.9. The molecule has 2 aromatic carbocycles. The minimum Gasteiger partial charge on any atom is -0.480 e. The first-order chi connectivity index (χ1) is 31.6. The molecule has 0 fully saturated rings. The van der Waals surface area contributed by atoms with Gasteiger partial charge in [0.05, 0.1) is 112 Å². The van der Waals surface area contributed by atoms with Crippen molar-refractivity contribution < 1.29 is 89.3 Å². The van der Waals surface area contributed by atoms with Gasteiger partial charge in [-0.25, -0.2) is 9.59 Å². The molecule has 0 aliphatic carbocycles. The van der Waals surface area contributed by atoms with Crippen LogP contribution in [0.1, 0.15) is 41.4 Å². The van der Waals surface area contributed by atoms with Crippen molar-refractivity contribution in [2.75, 3.05) is 119 Å². The lowest BCUT2D eigenvalue weighted by molar-refractivity contribution is -0.146. The standard InChI is InChI=1S/2C16H22I3N3O6.C6H10O6/c2*1-21(3-7(25)5-23)15(27)9-11(17)10(13(19)14(20)12(9)18)16(28)22(2)4-8(26)6-24;7-5(8)3-11-1-2-12-4-6(9)10/h2*7-8,23-26H,3-6,20H2,1-2H3;1-4H2,(H,7,8)(H,9,10). The van der Waals surface area contributed by atoms with Crippen LogP contribution in [0.25, 0.3) is 0 Å². The molecule has 30 heteroatoms. The quantitative estimate of drug-likeness (QED) is 0.0363. The van der Waals surface area contributed by atoms with Crippen LogP contribution in [0.3, 0.4) is 0 Å². The number of carboxylic acid groups (broad SMARTS) is 2. The molecule has 4 atom stereocenters. The van der Waals surface area contributed by atoms with Crippen LogP contribution in [0.2, 0.25) is 0 Å². The molecular weight excluding hydrogens is 1590 g/mol. The van der Waals surface area contributed by atoms with Crippen molar-refractivity contribution in [1.82, 2.24) is 19.6 Å². The predicted molar refractivity (Wildman–Crippen MR) is 295 cm³/mol. The SMILES string of the molecule is CN(CC(O)CO)C(=O)c1c(I)c(N)c(I)c(C(=O)N(C)CC(O)CO)c1I.CN(CC(O)CO)C(=O)c1c(I)c(N)c(I)c(C(=O)N(C)CC(O)CO)c1I.O=C(O)COCCOCC(=O)O. The minimum atomic E-state index is -1.09. The molecule has 4 unspecified atom stereocenters. The first-order valence-corrected chi connectivity index (χ1v) is 25.7. The average Bonchev–Trinajstić information content (AvgIpc) is 3.28. The summed E-state index contributed by atoms with van der Waals surface area (Å²) in [5, 5.41) is 90.6. The van der Waals surface area contributed by atoms with E-state index in [1.165, 1.54) is 47.8 Å². The molecule has 4 amide bonds. The highest BCUT2D eigenvalue weighted by Crippen LogP contribution is 2.36. The summed E-state index contributed by atoms with van der Waals surface area (Å²) in [7, 11) is 5.92. The smallest absolute Gasteiger partial charge is 0.329 e. The van der Waals surface area contributed by atoms with Gasteiger partial charge in [-0.3, -0.25) is 19.2 Å². The van der Waals surface area contributed by atoms with Crippen LogP contribution < -0.4 is 11.5 Å². The Kier molecular flexibility index (Phi) is 33.0. The zero-order chi connectivity index (χ0) is 52.9. The van der Waals surface area contributed by atoms with E-state index in [4.69, 9.17) is 42.1 Å². The summed E-state index contributed by atoms with van der Waals surface area (Å²) < 4.78 is 11.8. The highest BCUT2D eigenvalue weighted by Gasteiger charge is 2.32. The normalized spacial score (nSPS) is 12.6. The van der Waals surface area contributed by atoms with Gasteiger partial charge in [-0.15, -0.1) is 0 Å². The number of benzene rings is 2. The zero-order valence-electron chi connectivity index (χ0n) is 36.7. The summed E-state index contributed by atoms with van der Waals surface area (Å²) in [6, 6.07) is 0. The number of aliphatic hydroxyl groups is 8. The number of carbonyl (C=O) groups is 6. The highest BCUT2D eigenvalue weighted by molar-refractivity contribution is 14.1. The van der Waals surface area contributed by atoms with Crippen molar-refractivity contribution in [2.24, 2.45) is 0 Å². The molecule has 0 saturated heterocycles. The number of anilines is 2. The minimum absolute atomic E-state index is 0.0829. The van der Waals surface area contributed by atoms with E-state index in [1.807, 2.05) is 136 Å². The van der Waals surface area contributed by atoms with Crippen molar-refractivity contribution >= 4 is 182 Å². The van der Waals surface area contributed by atoms with Gasteiger partial charge in [0.25, 0.3) is 23.6 Å². The summed E-state index contributed by atoms with van der Waals surface area (Å²) in [6.45, 7) is -2.89. The van der Waals surface area contributed by atoms with E-state index in [9.17, 15) is 49.2 Å². The second-order valence-corrected chi connectivity index (χ2v) is 20.7. The lowest BCUT2D eigenvalue weighted by Crippen LogP contribution is -2.38. The van der Waals surface area contributed by atoms with Gasteiger partial charge < -0.3 is 91.6 Å². The van der Waals surface area contributed by atoms with E-state index < -0.39 is 99.6 Å². The Labute approximate surface area is 472 Å². The number of aliphatic carboxylic acids is 2. The Hall–Kier alpha value is -1.16. The number of aliphatic hydroxyl groups excluding tert-OH is 8. The van der Waals surface area contributed by atoms with Crippen LogP contribution in [0.5, 0.6) is 0 Å².